The highest BCUT2D eigenvalue weighted by molar-refractivity contribution is 7.17. The molecule has 0 aliphatic carbocycles. The van der Waals surface area contributed by atoms with Crippen molar-refractivity contribution in [3.63, 3.8) is 0 Å². The topological polar surface area (TPSA) is 112 Å². The first kappa shape index (κ1) is 16.8. The summed E-state index contributed by atoms with van der Waals surface area (Å²) in [6.45, 7) is 1.99. The van der Waals surface area contributed by atoms with E-state index >= 15 is 0 Å². The van der Waals surface area contributed by atoms with Crippen molar-refractivity contribution in [2.75, 3.05) is 5.32 Å². The van der Waals surface area contributed by atoms with Crippen LogP contribution in [-0.4, -0.2) is 38.2 Å². The molecular weight excluding hydrogens is 342 g/mol. The van der Waals surface area contributed by atoms with E-state index in [9.17, 15) is 14.7 Å². The molecule has 3 rings (SSSR count). The van der Waals surface area contributed by atoms with E-state index in [1.807, 2.05) is 36.6 Å². The van der Waals surface area contributed by atoms with E-state index in [-0.39, 0.29) is 0 Å². The lowest BCUT2D eigenvalue weighted by Gasteiger charge is -2.14. The second kappa shape index (κ2) is 6.86. The number of hydrogen-bond acceptors (Lipinski definition) is 6. The van der Waals surface area contributed by atoms with Crippen LogP contribution in [0.3, 0.4) is 0 Å². The lowest BCUT2D eigenvalue weighted by atomic mass is 10.0. The average molecular weight is 357 g/mol. The number of thiophene rings is 1. The van der Waals surface area contributed by atoms with E-state index in [2.05, 4.69) is 15.3 Å². The van der Waals surface area contributed by atoms with Gasteiger partial charge in [-0.1, -0.05) is 29.8 Å². The Labute approximate surface area is 147 Å². The van der Waals surface area contributed by atoms with Gasteiger partial charge >= 0.3 is 11.9 Å². The van der Waals surface area contributed by atoms with Crippen molar-refractivity contribution >= 4 is 39.3 Å². The van der Waals surface area contributed by atoms with Crippen molar-refractivity contribution in [2.45, 2.75) is 19.4 Å². The number of fused-ring (bicyclic) bond motifs is 1. The minimum absolute atomic E-state index is 0.315. The number of hydrogen-bond donors (Lipinski definition) is 3. The normalized spacial score (nSPS) is 12.0. The fourth-order valence-corrected chi connectivity index (χ4v) is 3.39. The number of anilines is 1. The molecule has 7 nitrogen and oxygen atoms in total. The molecule has 1 atom stereocenters. The maximum atomic E-state index is 11.3. The van der Waals surface area contributed by atoms with Crippen molar-refractivity contribution in [3.05, 3.63) is 41.5 Å². The Balaban J connectivity index is 2.06. The highest BCUT2D eigenvalue weighted by Gasteiger charge is 2.23. The van der Waals surface area contributed by atoms with Crippen molar-refractivity contribution in [3.8, 4) is 11.1 Å². The monoisotopic (exact) mass is 357 g/mol. The molecule has 0 bridgehead atoms. The number of nitrogens with zero attached hydrogens (tertiary/aromatic N) is 2. The first-order valence-corrected chi connectivity index (χ1v) is 8.34. The summed E-state index contributed by atoms with van der Waals surface area (Å²) in [6.07, 6.45) is 0.782. The van der Waals surface area contributed by atoms with Gasteiger partial charge in [-0.2, -0.15) is 0 Å². The molecule has 0 aliphatic heterocycles. The van der Waals surface area contributed by atoms with E-state index in [1.54, 1.807) is 0 Å². The molecule has 2 heterocycles. The summed E-state index contributed by atoms with van der Waals surface area (Å²) in [5.74, 6) is -2.13. The molecule has 0 aliphatic rings. The third-order valence-electron chi connectivity index (χ3n) is 3.72. The second-order valence-electron chi connectivity index (χ2n) is 5.55. The minimum Gasteiger partial charge on any atom is -0.481 e. The molecule has 1 aromatic carbocycles. The van der Waals surface area contributed by atoms with Gasteiger partial charge in [0.15, 0.2) is 0 Å². The van der Waals surface area contributed by atoms with Gasteiger partial charge in [0, 0.05) is 10.9 Å². The van der Waals surface area contributed by atoms with Crippen LogP contribution in [0.2, 0.25) is 0 Å². The van der Waals surface area contributed by atoms with Crippen molar-refractivity contribution in [2.24, 2.45) is 0 Å². The molecule has 0 fully saturated rings. The first-order valence-electron chi connectivity index (χ1n) is 7.46. The number of aromatic nitrogens is 2. The number of aryl methyl sites for hydroxylation is 1. The molecule has 128 valence electrons. The lowest BCUT2D eigenvalue weighted by molar-refractivity contribution is -0.144. The largest absolute Gasteiger partial charge is 0.481 e. The van der Waals surface area contributed by atoms with Gasteiger partial charge in [-0.05, 0) is 12.5 Å². The Morgan fingerprint density at radius 3 is 2.56 bits per heavy atom. The Bertz CT molecular complexity index is 937. The maximum Gasteiger partial charge on any atom is 0.326 e. The smallest absolute Gasteiger partial charge is 0.326 e. The summed E-state index contributed by atoms with van der Waals surface area (Å²) in [5.41, 5.74) is 2.97. The van der Waals surface area contributed by atoms with Crippen LogP contribution in [-0.2, 0) is 9.59 Å². The Hall–Kier alpha value is -3.00. The van der Waals surface area contributed by atoms with E-state index < -0.39 is 24.4 Å². The fourth-order valence-electron chi connectivity index (χ4n) is 2.47. The highest BCUT2D eigenvalue weighted by Crippen LogP contribution is 2.36. The van der Waals surface area contributed by atoms with Crippen molar-refractivity contribution < 1.29 is 19.8 Å². The zero-order chi connectivity index (χ0) is 18.0. The van der Waals surface area contributed by atoms with Crippen LogP contribution in [0.25, 0.3) is 21.3 Å². The molecule has 0 saturated carbocycles. The van der Waals surface area contributed by atoms with Gasteiger partial charge in [0.05, 0.1) is 11.8 Å². The number of nitrogens with one attached hydrogen (secondary N) is 1. The molecule has 8 heteroatoms. The zero-order valence-corrected chi connectivity index (χ0v) is 14.1. The van der Waals surface area contributed by atoms with Crippen LogP contribution >= 0.6 is 11.3 Å². The molecular formula is C17H15N3O4S. The number of carbonyl (C=O) groups is 2. The van der Waals surface area contributed by atoms with Crippen LogP contribution in [0.5, 0.6) is 0 Å². The minimum atomic E-state index is -1.28. The Kier molecular flexibility index (Phi) is 4.62. The van der Waals surface area contributed by atoms with E-state index in [0.717, 1.165) is 16.7 Å². The summed E-state index contributed by atoms with van der Waals surface area (Å²) < 4.78 is 0. The van der Waals surface area contributed by atoms with E-state index in [4.69, 9.17) is 5.11 Å². The van der Waals surface area contributed by atoms with Gasteiger partial charge in [-0.25, -0.2) is 14.8 Å². The van der Waals surface area contributed by atoms with Crippen molar-refractivity contribution in [1.82, 2.24) is 9.97 Å². The third kappa shape index (κ3) is 3.58. The number of benzene rings is 1. The zero-order valence-electron chi connectivity index (χ0n) is 13.3. The van der Waals surface area contributed by atoms with E-state index in [0.29, 0.717) is 16.0 Å². The molecule has 0 saturated heterocycles. The van der Waals surface area contributed by atoms with Crippen LogP contribution in [0.1, 0.15) is 12.0 Å². The molecule has 3 aromatic rings. The number of carboxylic acids is 2. The van der Waals surface area contributed by atoms with Gasteiger partial charge in [-0.3, -0.25) is 4.79 Å². The van der Waals surface area contributed by atoms with Crippen LogP contribution in [0, 0.1) is 6.92 Å². The molecule has 1 unspecified atom stereocenters. The number of carboxylic acid groups (broad SMARTS) is 2. The molecule has 0 radical (unpaired) electrons. The number of rotatable bonds is 6. The second-order valence-corrected chi connectivity index (χ2v) is 6.41. The molecule has 3 N–H and O–H groups in total. The van der Waals surface area contributed by atoms with Gasteiger partial charge in [-0.15, -0.1) is 11.3 Å². The maximum absolute atomic E-state index is 11.3. The number of aliphatic carboxylic acids is 2. The Morgan fingerprint density at radius 1 is 1.20 bits per heavy atom. The summed E-state index contributed by atoms with van der Waals surface area (Å²) in [4.78, 5) is 31.3. The molecule has 0 spiro atoms. The predicted octanol–water partition coefficient (Wildman–Crippen LogP) is 3.01. The first-order chi connectivity index (χ1) is 12.0. The molecule has 25 heavy (non-hydrogen) atoms. The average Bonchev–Trinajstić information content (AvgIpc) is 2.99. The van der Waals surface area contributed by atoms with E-state index in [1.165, 1.54) is 17.7 Å². The van der Waals surface area contributed by atoms with Crippen LogP contribution < -0.4 is 5.32 Å². The standard InChI is InChI=1S/C17H15N3O4S/c1-9-2-4-10(5-3-9)11-7-25-16-14(11)15(18-8-19-16)20-12(17(23)24)6-13(21)22/h2-5,7-8,12H,6H2,1H3,(H,21,22)(H,23,24)(H,18,19,20). The third-order valence-corrected chi connectivity index (χ3v) is 4.61. The SMILES string of the molecule is Cc1ccc(-c2csc3ncnc(NC(CC(=O)O)C(=O)O)c23)cc1. The van der Waals surface area contributed by atoms with Crippen LogP contribution in [0.4, 0.5) is 5.82 Å². The molecule has 2 aromatic heterocycles. The lowest BCUT2D eigenvalue weighted by Crippen LogP contribution is -2.32. The van der Waals surface area contributed by atoms with Crippen LogP contribution in [0.15, 0.2) is 36.0 Å². The Morgan fingerprint density at radius 2 is 1.92 bits per heavy atom. The summed E-state index contributed by atoms with van der Waals surface area (Å²) in [7, 11) is 0. The quantitative estimate of drug-likeness (QED) is 0.621. The molecule has 0 amide bonds. The van der Waals surface area contributed by atoms with Gasteiger partial charge in [0.25, 0.3) is 0 Å². The van der Waals surface area contributed by atoms with Crippen molar-refractivity contribution in [1.29, 1.82) is 0 Å². The van der Waals surface area contributed by atoms with Gasteiger partial charge < -0.3 is 15.5 Å². The fraction of sp³-hybridized carbons (Fsp3) is 0.176. The van der Waals surface area contributed by atoms with Gasteiger partial charge in [0.2, 0.25) is 0 Å². The summed E-state index contributed by atoms with van der Waals surface area (Å²) in [5, 5.41) is 23.5. The summed E-state index contributed by atoms with van der Waals surface area (Å²) in [6, 6.07) is 6.64. The summed E-state index contributed by atoms with van der Waals surface area (Å²) >= 11 is 1.42. The van der Waals surface area contributed by atoms with Gasteiger partial charge in [0.1, 0.15) is 23.0 Å². The predicted molar refractivity (Wildman–Crippen MR) is 94.9 cm³/mol. The highest BCUT2D eigenvalue weighted by atomic mass is 32.1.